The van der Waals surface area contributed by atoms with Crippen LogP contribution in [0.5, 0.6) is 0 Å². The summed E-state index contributed by atoms with van der Waals surface area (Å²) in [5.41, 5.74) is 0. The van der Waals surface area contributed by atoms with Gasteiger partial charge in [0.1, 0.15) is 6.54 Å². The van der Waals surface area contributed by atoms with Gasteiger partial charge in [0.2, 0.25) is 11.8 Å². The Hall–Kier alpha value is -1.10. The van der Waals surface area contributed by atoms with Crippen molar-refractivity contribution in [3.05, 3.63) is 0 Å². The summed E-state index contributed by atoms with van der Waals surface area (Å²) in [5.74, 6) is 0.161. The molecule has 0 aliphatic carbocycles. The molecule has 0 spiro atoms. The third-order valence-corrected chi connectivity index (χ3v) is 3.16. The molecule has 15 heavy (non-hydrogen) atoms. The van der Waals surface area contributed by atoms with Crippen LogP contribution in [-0.4, -0.2) is 60.4 Å². The standard InChI is InChI=1S/C10H17N3O2/c1-2-12-6-10(15)13(7-9(12)14)8-3-4-11-5-8/h8,11H,2-7H2,1H3. The minimum atomic E-state index is 0.0731. The number of rotatable bonds is 2. The van der Waals surface area contributed by atoms with E-state index in [1.165, 1.54) is 0 Å². The van der Waals surface area contributed by atoms with Crippen LogP contribution >= 0.6 is 0 Å². The van der Waals surface area contributed by atoms with Crippen molar-refractivity contribution in [1.82, 2.24) is 15.1 Å². The fourth-order valence-electron chi connectivity index (χ4n) is 2.20. The van der Waals surface area contributed by atoms with Crippen molar-refractivity contribution in [3.63, 3.8) is 0 Å². The third-order valence-electron chi connectivity index (χ3n) is 3.16. The molecule has 2 rings (SSSR count). The predicted molar refractivity (Wildman–Crippen MR) is 55.2 cm³/mol. The van der Waals surface area contributed by atoms with Crippen LogP contribution in [-0.2, 0) is 9.59 Å². The van der Waals surface area contributed by atoms with E-state index in [1.54, 1.807) is 9.80 Å². The van der Waals surface area contributed by atoms with Crippen molar-refractivity contribution in [1.29, 1.82) is 0 Å². The Morgan fingerprint density at radius 3 is 2.73 bits per heavy atom. The molecule has 84 valence electrons. The normalized spacial score (nSPS) is 27.7. The molecule has 0 aromatic heterocycles. The molecule has 2 heterocycles. The Morgan fingerprint density at radius 1 is 1.33 bits per heavy atom. The van der Waals surface area contributed by atoms with Crippen LogP contribution in [0.2, 0.25) is 0 Å². The predicted octanol–water partition coefficient (Wildman–Crippen LogP) is -0.961. The van der Waals surface area contributed by atoms with E-state index in [4.69, 9.17) is 0 Å². The summed E-state index contributed by atoms with van der Waals surface area (Å²) in [6.07, 6.45) is 0.963. The van der Waals surface area contributed by atoms with Crippen LogP contribution in [0, 0.1) is 0 Å². The lowest BCUT2D eigenvalue weighted by molar-refractivity contribution is -0.151. The van der Waals surface area contributed by atoms with Crippen LogP contribution in [0.15, 0.2) is 0 Å². The van der Waals surface area contributed by atoms with E-state index in [1.807, 2.05) is 6.92 Å². The van der Waals surface area contributed by atoms with E-state index >= 15 is 0 Å². The monoisotopic (exact) mass is 211 g/mol. The maximum atomic E-state index is 11.8. The first-order valence-corrected chi connectivity index (χ1v) is 5.50. The molecular formula is C10H17N3O2. The lowest BCUT2D eigenvalue weighted by Crippen LogP contribution is -2.57. The van der Waals surface area contributed by atoms with Gasteiger partial charge in [0.25, 0.3) is 0 Å². The molecule has 1 atom stereocenters. The number of nitrogens with zero attached hydrogens (tertiary/aromatic N) is 2. The Balaban J connectivity index is 2.02. The van der Waals surface area contributed by atoms with Gasteiger partial charge < -0.3 is 15.1 Å². The van der Waals surface area contributed by atoms with Gasteiger partial charge in [0.15, 0.2) is 0 Å². The molecule has 1 N–H and O–H groups in total. The smallest absolute Gasteiger partial charge is 0.242 e. The third kappa shape index (κ3) is 1.97. The van der Waals surface area contributed by atoms with Crippen molar-refractivity contribution < 1.29 is 9.59 Å². The van der Waals surface area contributed by atoms with Crippen LogP contribution in [0.25, 0.3) is 0 Å². The second kappa shape index (κ2) is 4.18. The maximum absolute atomic E-state index is 11.8. The molecule has 2 fully saturated rings. The van der Waals surface area contributed by atoms with Gasteiger partial charge in [0, 0.05) is 19.1 Å². The van der Waals surface area contributed by atoms with Gasteiger partial charge >= 0.3 is 0 Å². The molecular weight excluding hydrogens is 194 g/mol. The van der Waals surface area contributed by atoms with E-state index in [0.29, 0.717) is 6.54 Å². The number of nitrogens with one attached hydrogen (secondary N) is 1. The number of amides is 2. The molecule has 0 radical (unpaired) electrons. The van der Waals surface area contributed by atoms with E-state index in [9.17, 15) is 9.59 Å². The molecule has 0 aromatic carbocycles. The molecule has 5 heteroatoms. The lowest BCUT2D eigenvalue weighted by Gasteiger charge is -2.36. The van der Waals surface area contributed by atoms with Crippen molar-refractivity contribution >= 4 is 11.8 Å². The van der Waals surface area contributed by atoms with Crippen molar-refractivity contribution in [2.24, 2.45) is 0 Å². The summed E-state index contributed by atoms with van der Waals surface area (Å²) < 4.78 is 0. The summed E-state index contributed by atoms with van der Waals surface area (Å²) in [6, 6.07) is 0.223. The first kappa shape index (κ1) is 10.4. The van der Waals surface area contributed by atoms with Gasteiger partial charge in [-0.2, -0.15) is 0 Å². The summed E-state index contributed by atoms with van der Waals surface area (Å²) in [5, 5.41) is 3.21. The summed E-state index contributed by atoms with van der Waals surface area (Å²) in [6.45, 7) is 4.81. The van der Waals surface area contributed by atoms with Crippen LogP contribution in [0.4, 0.5) is 0 Å². The van der Waals surface area contributed by atoms with E-state index < -0.39 is 0 Å². The number of carbonyl (C=O) groups is 2. The molecule has 2 aliphatic heterocycles. The van der Waals surface area contributed by atoms with Crippen LogP contribution in [0.1, 0.15) is 13.3 Å². The molecule has 2 saturated heterocycles. The highest BCUT2D eigenvalue weighted by Crippen LogP contribution is 2.13. The zero-order valence-corrected chi connectivity index (χ0v) is 9.03. The SMILES string of the molecule is CCN1CC(=O)N(C2CCNC2)CC1=O. The van der Waals surface area contributed by atoms with Crippen molar-refractivity contribution in [2.45, 2.75) is 19.4 Å². The topological polar surface area (TPSA) is 52.7 Å². The highest BCUT2D eigenvalue weighted by Gasteiger charge is 2.34. The first-order valence-electron chi connectivity index (χ1n) is 5.50. The van der Waals surface area contributed by atoms with E-state index in [0.717, 1.165) is 19.5 Å². The van der Waals surface area contributed by atoms with Gasteiger partial charge in [-0.15, -0.1) is 0 Å². The average molecular weight is 211 g/mol. The maximum Gasteiger partial charge on any atom is 0.242 e. The summed E-state index contributed by atoms with van der Waals surface area (Å²) >= 11 is 0. The van der Waals surface area contributed by atoms with Gasteiger partial charge in [-0.25, -0.2) is 0 Å². The lowest BCUT2D eigenvalue weighted by atomic mass is 10.2. The van der Waals surface area contributed by atoms with Crippen molar-refractivity contribution in [3.8, 4) is 0 Å². The minimum Gasteiger partial charge on any atom is -0.332 e. The van der Waals surface area contributed by atoms with Gasteiger partial charge in [-0.05, 0) is 19.9 Å². The van der Waals surface area contributed by atoms with E-state index in [2.05, 4.69) is 5.32 Å². The summed E-state index contributed by atoms with van der Waals surface area (Å²) in [7, 11) is 0. The highest BCUT2D eigenvalue weighted by atomic mass is 16.2. The molecule has 0 bridgehead atoms. The summed E-state index contributed by atoms with van der Waals surface area (Å²) in [4.78, 5) is 26.8. The Kier molecular flexibility index (Phi) is 2.90. The van der Waals surface area contributed by atoms with Gasteiger partial charge in [-0.1, -0.05) is 0 Å². The molecule has 5 nitrogen and oxygen atoms in total. The fraction of sp³-hybridized carbons (Fsp3) is 0.800. The average Bonchev–Trinajstić information content (AvgIpc) is 2.74. The number of carbonyl (C=O) groups excluding carboxylic acids is 2. The zero-order chi connectivity index (χ0) is 10.8. The largest absolute Gasteiger partial charge is 0.332 e. The minimum absolute atomic E-state index is 0.0731. The first-order chi connectivity index (χ1) is 7.22. The highest BCUT2D eigenvalue weighted by molar-refractivity contribution is 5.92. The number of hydrogen-bond donors (Lipinski definition) is 1. The Morgan fingerprint density at radius 2 is 2.13 bits per heavy atom. The molecule has 2 aliphatic rings. The number of likely N-dealkylation sites (N-methyl/N-ethyl adjacent to an activating group) is 1. The van der Waals surface area contributed by atoms with Crippen molar-refractivity contribution in [2.75, 3.05) is 32.7 Å². The molecule has 2 amide bonds. The molecule has 0 saturated carbocycles. The van der Waals surface area contributed by atoms with Gasteiger partial charge in [0.05, 0.1) is 6.54 Å². The molecule has 0 aromatic rings. The van der Waals surface area contributed by atoms with Gasteiger partial charge in [-0.3, -0.25) is 9.59 Å². The number of hydrogen-bond acceptors (Lipinski definition) is 3. The number of piperazine rings is 1. The Labute approximate surface area is 89.4 Å². The second-order valence-electron chi connectivity index (χ2n) is 4.08. The van der Waals surface area contributed by atoms with Crippen LogP contribution in [0.3, 0.4) is 0 Å². The molecule has 1 unspecified atom stereocenters. The zero-order valence-electron chi connectivity index (χ0n) is 9.03. The second-order valence-corrected chi connectivity index (χ2v) is 4.08. The van der Waals surface area contributed by atoms with E-state index in [-0.39, 0.29) is 30.9 Å². The Bertz CT molecular complexity index is 274. The van der Waals surface area contributed by atoms with Crippen LogP contribution < -0.4 is 5.32 Å². The fourth-order valence-corrected chi connectivity index (χ4v) is 2.20. The quantitative estimate of drug-likeness (QED) is 0.640.